The Kier molecular flexibility index (Phi) is 5.25. The van der Waals surface area contributed by atoms with Crippen LogP contribution in [0.1, 0.15) is 31.4 Å². The standard InChI is InChI=1S/C17H21F2N5O/c1-12(14-5-2-6-15(18)16(14)19)21-17(25)23-8-3-4-13(10-23)11-24-9-7-20-22-24/h2,5-7,9,12-13H,3-4,8,10-11H2,1H3,(H,21,25)/t12-,13+/m0/s1. The van der Waals surface area contributed by atoms with Crippen molar-refractivity contribution in [2.75, 3.05) is 13.1 Å². The second-order valence-corrected chi connectivity index (χ2v) is 6.39. The van der Waals surface area contributed by atoms with Crippen molar-refractivity contribution in [3.8, 4) is 0 Å². The summed E-state index contributed by atoms with van der Waals surface area (Å²) in [6, 6.07) is 3.10. The number of halogens is 2. The average molecular weight is 349 g/mol. The van der Waals surface area contributed by atoms with Gasteiger partial charge in [-0.15, -0.1) is 5.10 Å². The minimum Gasteiger partial charge on any atom is -0.331 e. The van der Waals surface area contributed by atoms with Gasteiger partial charge in [-0.05, 0) is 31.7 Å². The summed E-state index contributed by atoms with van der Waals surface area (Å²) in [5, 5.41) is 10.5. The first-order valence-corrected chi connectivity index (χ1v) is 8.38. The summed E-state index contributed by atoms with van der Waals surface area (Å²) in [6.45, 7) is 3.60. The van der Waals surface area contributed by atoms with E-state index in [4.69, 9.17) is 0 Å². The van der Waals surface area contributed by atoms with E-state index in [1.807, 2.05) is 0 Å². The van der Waals surface area contributed by atoms with Crippen LogP contribution in [0, 0.1) is 17.6 Å². The van der Waals surface area contributed by atoms with Crippen molar-refractivity contribution in [2.45, 2.75) is 32.4 Å². The summed E-state index contributed by atoms with van der Waals surface area (Å²) in [5.41, 5.74) is 0.143. The molecule has 2 aromatic rings. The zero-order valence-electron chi connectivity index (χ0n) is 14.0. The molecule has 6 nitrogen and oxygen atoms in total. The molecule has 1 aliphatic rings. The number of piperidine rings is 1. The van der Waals surface area contributed by atoms with Gasteiger partial charge in [0, 0.05) is 31.4 Å². The number of benzene rings is 1. The normalized spacial score (nSPS) is 18.8. The maximum atomic E-state index is 13.9. The number of rotatable bonds is 4. The maximum absolute atomic E-state index is 13.9. The third kappa shape index (κ3) is 4.12. The lowest BCUT2D eigenvalue weighted by molar-refractivity contribution is 0.155. The lowest BCUT2D eigenvalue weighted by Gasteiger charge is -2.33. The molecule has 134 valence electrons. The number of nitrogens with one attached hydrogen (secondary N) is 1. The number of hydrogen-bond acceptors (Lipinski definition) is 3. The molecular formula is C17H21F2N5O. The van der Waals surface area contributed by atoms with Gasteiger partial charge in [-0.25, -0.2) is 13.6 Å². The molecule has 1 aromatic carbocycles. The number of nitrogens with zero attached hydrogens (tertiary/aromatic N) is 4. The molecule has 1 saturated heterocycles. The number of carbonyl (C=O) groups excluding carboxylic acids is 1. The Morgan fingerprint density at radius 3 is 3.04 bits per heavy atom. The number of amides is 2. The summed E-state index contributed by atoms with van der Waals surface area (Å²) >= 11 is 0. The van der Waals surface area contributed by atoms with Crippen LogP contribution in [-0.2, 0) is 6.54 Å². The maximum Gasteiger partial charge on any atom is 0.317 e. The first-order valence-electron chi connectivity index (χ1n) is 8.38. The van der Waals surface area contributed by atoms with Gasteiger partial charge in [0.15, 0.2) is 11.6 Å². The van der Waals surface area contributed by atoms with Gasteiger partial charge < -0.3 is 10.2 Å². The number of carbonyl (C=O) groups is 1. The molecule has 8 heteroatoms. The largest absolute Gasteiger partial charge is 0.331 e. The van der Waals surface area contributed by atoms with Crippen LogP contribution in [-0.4, -0.2) is 39.0 Å². The SMILES string of the molecule is C[C@H](NC(=O)N1CCC[C@@H](Cn2ccnn2)C1)c1cccc(F)c1F. The van der Waals surface area contributed by atoms with Gasteiger partial charge in [-0.2, -0.15) is 0 Å². The minimum atomic E-state index is -0.919. The number of likely N-dealkylation sites (tertiary alicyclic amines) is 1. The molecule has 0 saturated carbocycles. The van der Waals surface area contributed by atoms with E-state index in [1.165, 1.54) is 12.1 Å². The molecule has 0 spiro atoms. The highest BCUT2D eigenvalue weighted by atomic mass is 19.2. The van der Waals surface area contributed by atoms with Crippen molar-refractivity contribution in [1.82, 2.24) is 25.2 Å². The van der Waals surface area contributed by atoms with Crippen LogP contribution in [0.25, 0.3) is 0 Å². The topological polar surface area (TPSA) is 63.1 Å². The van der Waals surface area contributed by atoms with E-state index in [2.05, 4.69) is 15.6 Å². The van der Waals surface area contributed by atoms with Crippen LogP contribution in [0.2, 0.25) is 0 Å². The second-order valence-electron chi connectivity index (χ2n) is 6.39. The molecular weight excluding hydrogens is 328 g/mol. The highest BCUT2D eigenvalue weighted by Gasteiger charge is 2.26. The van der Waals surface area contributed by atoms with Gasteiger partial charge >= 0.3 is 6.03 Å². The minimum absolute atomic E-state index is 0.143. The predicted octanol–water partition coefficient (Wildman–Crippen LogP) is 2.74. The third-order valence-corrected chi connectivity index (χ3v) is 4.51. The summed E-state index contributed by atoms with van der Waals surface area (Å²) in [5.74, 6) is -1.54. The average Bonchev–Trinajstić information content (AvgIpc) is 3.10. The van der Waals surface area contributed by atoms with Gasteiger partial charge in [0.2, 0.25) is 0 Å². The van der Waals surface area contributed by atoms with E-state index in [1.54, 1.807) is 28.9 Å². The number of hydrogen-bond donors (Lipinski definition) is 1. The van der Waals surface area contributed by atoms with E-state index in [9.17, 15) is 13.6 Å². The molecule has 3 rings (SSSR count). The second kappa shape index (κ2) is 7.58. The van der Waals surface area contributed by atoms with Crippen LogP contribution in [0.15, 0.2) is 30.6 Å². The van der Waals surface area contributed by atoms with Crippen LogP contribution >= 0.6 is 0 Å². The molecule has 2 atom stereocenters. The molecule has 1 aromatic heterocycles. The quantitative estimate of drug-likeness (QED) is 0.923. The zero-order chi connectivity index (χ0) is 17.8. The summed E-state index contributed by atoms with van der Waals surface area (Å²) < 4.78 is 29.0. The Morgan fingerprint density at radius 2 is 2.28 bits per heavy atom. The van der Waals surface area contributed by atoms with Gasteiger partial charge in [0.05, 0.1) is 12.2 Å². The molecule has 0 radical (unpaired) electrons. The molecule has 1 N–H and O–H groups in total. The monoisotopic (exact) mass is 349 g/mol. The van der Waals surface area contributed by atoms with Gasteiger partial charge in [0.25, 0.3) is 0 Å². The van der Waals surface area contributed by atoms with E-state index in [0.717, 1.165) is 18.9 Å². The van der Waals surface area contributed by atoms with Crippen LogP contribution < -0.4 is 5.32 Å². The van der Waals surface area contributed by atoms with Gasteiger partial charge in [0.1, 0.15) is 0 Å². The molecule has 1 fully saturated rings. The Balaban J connectivity index is 1.59. The van der Waals surface area contributed by atoms with E-state index in [0.29, 0.717) is 25.6 Å². The zero-order valence-corrected chi connectivity index (χ0v) is 14.0. The smallest absolute Gasteiger partial charge is 0.317 e. The first-order chi connectivity index (χ1) is 12.0. The molecule has 0 bridgehead atoms. The molecule has 2 amide bonds. The lowest BCUT2D eigenvalue weighted by atomic mass is 9.98. The highest BCUT2D eigenvalue weighted by Crippen LogP contribution is 2.21. The van der Waals surface area contributed by atoms with E-state index >= 15 is 0 Å². The van der Waals surface area contributed by atoms with Gasteiger partial charge in [-0.1, -0.05) is 17.3 Å². The highest BCUT2D eigenvalue weighted by molar-refractivity contribution is 5.74. The van der Waals surface area contributed by atoms with Crippen molar-refractivity contribution in [3.63, 3.8) is 0 Å². The van der Waals surface area contributed by atoms with E-state index < -0.39 is 17.7 Å². The Morgan fingerprint density at radius 1 is 1.44 bits per heavy atom. The third-order valence-electron chi connectivity index (χ3n) is 4.51. The summed E-state index contributed by atoms with van der Waals surface area (Å²) in [4.78, 5) is 14.2. The van der Waals surface area contributed by atoms with Crippen molar-refractivity contribution in [1.29, 1.82) is 0 Å². The molecule has 2 heterocycles. The van der Waals surface area contributed by atoms with Crippen LogP contribution in [0.4, 0.5) is 13.6 Å². The Labute approximate surface area is 144 Å². The molecule has 0 aliphatic carbocycles. The summed E-state index contributed by atoms with van der Waals surface area (Å²) in [6.07, 6.45) is 5.34. The van der Waals surface area contributed by atoms with Gasteiger partial charge in [-0.3, -0.25) is 4.68 Å². The van der Waals surface area contributed by atoms with Crippen molar-refractivity contribution < 1.29 is 13.6 Å². The van der Waals surface area contributed by atoms with E-state index in [-0.39, 0.29) is 11.6 Å². The summed E-state index contributed by atoms with van der Waals surface area (Å²) in [7, 11) is 0. The van der Waals surface area contributed by atoms with Crippen LogP contribution in [0.3, 0.4) is 0 Å². The fourth-order valence-corrected chi connectivity index (χ4v) is 3.20. The Hall–Kier alpha value is -2.51. The van der Waals surface area contributed by atoms with Crippen molar-refractivity contribution >= 4 is 6.03 Å². The fraction of sp³-hybridized carbons (Fsp3) is 0.471. The molecule has 0 unspecified atom stereocenters. The first kappa shape index (κ1) is 17.3. The lowest BCUT2D eigenvalue weighted by Crippen LogP contribution is -2.47. The van der Waals surface area contributed by atoms with Crippen LogP contribution in [0.5, 0.6) is 0 Å². The van der Waals surface area contributed by atoms with Crippen molar-refractivity contribution in [3.05, 3.63) is 47.8 Å². The van der Waals surface area contributed by atoms with Crippen molar-refractivity contribution in [2.24, 2.45) is 5.92 Å². The fourth-order valence-electron chi connectivity index (χ4n) is 3.20. The Bertz CT molecular complexity index is 722. The molecule has 25 heavy (non-hydrogen) atoms. The predicted molar refractivity (Wildman–Crippen MR) is 87.6 cm³/mol. The number of urea groups is 1. The molecule has 1 aliphatic heterocycles. The number of aromatic nitrogens is 3.